The van der Waals surface area contributed by atoms with E-state index in [1.807, 2.05) is 38.3 Å². The van der Waals surface area contributed by atoms with Gasteiger partial charge in [-0.15, -0.1) is 10.2 Å². The van der Waals surface area contributed by atoms with Crippen LogP contribution in [-0.4, -0.2) is 30.5 Å². The maximum atomic E-state index is 12.0. The van der Waals surface area contributed by atoms with E-state index in [9.17, 15) is 4.79 Å². The van der Waals surface area contributed by atoms with Crippen LogP contribution in [0.15, 0.2) is 18.6 Å². The van der Waals surface area contributed by atoms with Crippen molar-refractivity contribution >= 4 is 5.91 Å². The fourth-order valence-corrected chi connectivity index (χ4v) is 2.01. The van der Waals surface area contributed by atoms with E-state index < -0.39 is 0 Å². The van der Waals surface area contributed by atoms with Crippen molar-refractivity contribution in [3.63, 3.8) is 0 Å². The molecule has 0 aromatic carbocycles. The molecule has 2 aromatic rings. The molecule has 1 amide bonds. The summed E-state index contributed by atoms with van der Waals surface area (Å²) in [6, 6.07) is 1.93. The largest absolute Gasteiger partial charge is 0.345 e. The van der Waals surface area contributed by atoms with Crippen molar-refractivity contribution in [1.82, 2.24) is 29.9 Å². The van der Waals surface area contributed by atoms with Crippen LogP contribution in [-0.2, 0) is 11.3 Å². The molecule has 7 nitrogen and oxygen atoms in total. The van der Waals surface area contributed by atoms with Crippen molar-refractivity contribution in [2.45, 2.75) is 46.3 Å². The Morgan fingerprint density at radius 2 is 2.15 bits per heavy atom. The number of nitrogens with zero attached hydrogens (tertiary/aromatic N) is 5. The Hall–Kier alpha value is -2.18. The van der Waals surface area contributed by atoms with Gasteiger partial charge in [-0.05, 0) is 33.8 Å². The van der Waals surface area contributed by atoms with Gasteiger partial charge in [0.2, 0.25) is 5.91 Å². The lowest BCUT2D eigenvalue weighted by atomic mass is 10.3. The molecule has 0 fully saturated rings. The van der Waals surface area contributed by atoms with E-state index in [2.05, 4.69) is 20.6 Å². The summed E-state index contributed by atoms with van der Waals surface area (Å²) in [4.78, 5) is 12.0. The zero-order chi connectivity index (χ0) is 14.7. The minimum absolute atomic E-state index is 0.0982. The molecule has 2 rings (SSSR count). The molecule has 108 valence electrons. The lowest BCUT2D eigenvalue weighted by molar-refractivity contribution is -0.122. The number of carbonyl (C=O) groups excluding carboxylic acids is 1. The molecular formula is C13H20N6O. The van der Waals surface area contributed by atoms with Crippen molar-refractivity contribution in [3.05, 3.63) is 30.1 Å². The molecule has 1 N–H and O–H groups in total. The molecule has 2 heterocycles. The molecule has 0 unspecified atom stereocenters. The molecule has 0 aliphatic rings. The quantitative estimate of drug-likeness (QED) is 0.891. The van der Waals surface area contributed by atoms with Gasteiger partial charge in [-0.3, -0.25) is 9.48 Å². The van der Waals surface area contributed by atoms with Gasteiger partial charge in [0, 0.05) is 12.2 Å². The van der Waals surface area contributed by atoms with E-state index in [0.29, 0.717) is 0 Å². The molecule has 1 atom stereocenters. The lowest BCUT2D eigenvalue weighted by Crippen LogP contribution is -2.32. The second-order valence-electron chi connectivity index (χ2n) is 5.13. The van der Waals surface area contributed by atoms with Gasteiger partial charge in [-0.25, -0.2) is 0 Å². The van der Waals surface area contributed by atoms with Crippen LogP contribution in [0.2, 0.25) is 0 Å². The van der Waals surface area contributed by atoms with Gasteiger partial charge >= 0.3 is 0 Å². The topological polar surface area (TPSA) is 77.6 Å². The van der Waals surface area contributed by atoms with E-state index in [-0.39, 0.29) is 24.5 Å². The highest BCUT2D eigenvalue weighted by atomic mass is 16.2. The normalized spacial score (nSPS) is 12.7. The van der Waals surface area contributed by atoms with Crippen LogP contribution in [0.4, 0.5) is 0 Å². The van der Waals surface area contributed by atoms with Gasteiger partial charge in [0.25, 0.3) is 0 Å². The van der Waals surface area contributed by atoms with E-state index in [1.54, 1.807) is 17.2 Å². The standard InChI is InChI=1S/C13H20N6O/c1-9(2)19-8-14-16-13(19)11(4)15-12(20)7-18-6-5-10(3)17-18/h5-6,8-9,11H,7H2,1-4H3,(H,15,20)/t11-/m1/s1. The number of hydrogen-bond acceptors (Lipinski definition) is 4. The first-order valence-corrected chi connectivity index (χ1v) is 6.66. The highest BCUT2D eigenvalue weighted by Gasteiger charge is 2.17. The van der Waals surface area contributed by atoms with Crippen LogP contribution in [0.1, 0.15) is 44.4 Å². The van der Waals surface area contributed by atoms with Crippen LogP contribution in [0.3, 0.4) is 0 Å². The molecule has 0 bridgehead atoms. The zero-order valence-corrected chi connectivity index (χ0v) is 12.2. The average molecular weight is 276 g/mol. The lowest BCUT2D eigenvalue weighted by Gasteiger charge is -2.16. The Kier molecular flexibility index (Phi) is 4.16. The monoisotopic (exact) mass is 276 g/mol. The Bertz CT molecular complexity index is 585. The molecule has 0 radical (unpaired) electrons. The number of carbonyl (C=O) groups is 1. The number of aromatic nitrogens is 5. The highest BCUT2D eigenvalue weighted by molar-refractivity contribution is 5.75. The minimum atomic E-state index is -0.191. The third kappa shape index (κ3) is 3.23. The fourth-order valence-electron chi connectivity index (χ4n) is 2.01. The van der Waals surface area contributed by atoms with Gasteiger partial charge in [0.1, 0.15) is 12.9 Å². The number of rotatable bonds is 5. The predicted molar refractivity (Wildman–Crippen MR) is 73.9 cm³/mol. The van der Waals surface area contributed by atoms with Gasteiger partial charge in [-0.1, -0.05) is 0 Å². The van der Waals surface area contributed by atoms with Crippen LogP contribution in [0, 0.1) is 6.92 Å². The highest BCUT2D eigenvalue weighted by Crippen LogP contribution is 2.13. The predicted octanol–water partition coefficient (Wildman–Crippen LogP) is 1.24. The second-order valence-corrected chi connectivity index (χ2v) is 5.13. The van der Waals surface area contributed by atoms with Crippen molar-refractivity contribution in [3.8, 4) is 0 Å². The Morgan fingerprint density at radius 1 is 1.40 bits per heavy atom. The van der Waals surface area contributed by atoms with E-state index in [1.165, 1.54) is 0 Å². The maximum Gasteiger partial charge on any atom is 0.242 e. The van der Waals surface area contributed by atoms with E-state index >= 15 is 0 Å². The molecule has 7 heteroatoms. The molecule has 0 saturated heterocycles. The fraction of sp³-hybridized carbons (Fsp3) is 0.538. The third-order valence-corrected chi connectivity index (χ3v) is 3.00. The number of aryl methyl sites for hydroxylation is 1. The average Bonchev–Trinajstić information content (AvgIpc) is 2.97. The SMILES string of the molecule is Cc1ccn(CC(=O)N[C@H](C)c2nncn2C(C)C)n1. The number of hydrogen-bond donors (Lipinski definition) is 1. The molecule has 20 heavy (non-hydrogen) atoms. The molecule has 0 aliphatic carbocycles. The van der Waals surface area contributed by atoms with Gasteiger partial charge < -0.3 is 9.88 Å². The summed E-state index contributed by atoms with van der Waals surface area (Å²) in [5, 5.41) is 15.1. The number of nitrogens with one attached hydrogen (secondary N) is 1. The third-order valence-electron chi connectivity index (χ3n) is 3.00. The molecule has 2 aromatic heterocycles. The Labute approximate surface area is 118 Å². The van der Waals surface area contributed by atoms with Gasteiger partial charge in [-0.2, -0.15) is 5.10 Å². The molecule has 0 spiro atoms. The van der Waals surface area contributed by atoms with Crippen LogP contribution >= 0.6 is 0 Å². The maximum absolute atomic E-state index is 12.0. The van der Waals surface area contributed by atoms with Crippen LogP contribution in [0.25, 0.3) is 0 Å². The van der Waals surface area contributed by atoms with Crippen LogP contribution in [0.5, 0.6) is 0 Å². The van der Waals surface area contributed by atoms with Gasteiger partial charge in [0.15, 0.2) is 5.82 Å². The first kappa shape index (κ1) is 14.2. The smallest absolute Gasteiger partial charge is 0.242 e. The molecule has 0 saturated carbocycles. The number of amides is 1. The summed E-state index contributed by atoms with van der Waals surface area (Å²) in [6.07, 6.45) is 3.47. The van der Waals surface area contributed by atoms with E-state index in [0.717, 1.165) is 11.5 Å². The Balaban J connectivity index is 1.98. The Morgan fingerprint density at radius 3 is 2.75 bits per heavy atom. The summed E-state index contributed by atoms with van der Waals surface area (Å²) in [6.45, 7) is 8.09. The van der Waals surface area contributed by atoms with Crippen molar-refractivity contribution in [2.75, 3.05) is 0 Å². The van der Waals surface area contributed by atoms with Gasteiger partial charge in [0.05, 0.1) is 11.7 Å². The van der Waals surface area contributed by atoms with Crippen molar-refractivity contribution in [2.24, 2.45) is 0 Å². The van der Waals surface area contributed by atoms with Crippen molar-refractivity contribution in [1.29, 1.82) is 0 Å². The first-order valence-electron chi connectivity index (χ1n) is 6.66. The summed E-state index contributed by atoms with van der Waals surface area (Å²) in [5.41, 5.74) is 0.894. The van der Waals surface area contributed by atoms with E-state index in [4.69, 9.17) is 0 Å². The van der Waals surface area contributed by atoms with Crippen LogP contribution < -0.4 is 5.32 Å². The summed E-state index contributed by atoms with van der Waals surface area (Å²) in [7, 11) is 0. The zero-order valence-electron chi connectivity index (χ0n) is 12.2. The summed E-state index contributed by atoms with van der Waals surface area (Å²) < 4.78 is 3.56. The summed E-state index contributed by atoms with van der Waals surface area (Å²) >= 11 is 0. The first-order chi connectivity index (χ1) is 9.47. The second kappa shape index (κ2) is 5.85. The van der Waals surface area contributed by atoms with Crippen molar-refractivity contribution < 1.29 is 4.79 Å². The molecular weight excluding hydrogens is 256 g/mol. The minimum Gasteiger partial charge on any atom is -0.345 e. The molecule has 0 aliphatic heterocycles. The summed E-state index contributed by atoms with van der Waals surface area (Å²) in [5.74, 6) is 0.656.